The Balaban J connectivity index is 1.97. The van der Waals surface area contributed by atoms with E-state index in [1.807, 2.05) is 17.0 Å². The summed E-state index contributed by atoms with van der Waals surface area (Å²) in [6.07, 6.45) is 5.54. The number of hydrogen-bond acceptors (Lipinski definition) is 2. The molecule has 3 heterocycles. The Hall–Kier alpha value is -2.23. The molecule has 0 bridgehead atoms. The van der Waals surface area contributed by atoms with Gasteiger partial charge in [0.05, 0.1) is 5.69 Å². The van der Waals surface area contributed by atoms with E-state index in [1.54, 1.807) is 12.4 Å². The third kappa shape index (κ3) is 1.78. The lowest BCUT2D eigenvalue weighted by atomic mass is 9.89. The first-order chi connectivity index (χ1) is 10.3. The average Bonchev–Trinajstić information content (AvgIpc) is 2.98. The van der Waals surface area contributed by atoms with Gasteiger partial charge in [0, 0.05) is 30.9 Å². The molecule has 4 heteroatoms. The van der Waals surface area contributed by atoms with Crippen LogP contribution in [0.25, 0.3) is 11.1 Å². The van der Waals surface area contributed by atoms with Crippen molar-refractivity contribution in [2.75, 3.05) is 11.4 Å². The SMILES string of the molecule is O=C1CCc2cc(-c3cccnc3)c(CF)c3c2N1CC3. The molecular weight excluding hydrogens is 267 g/mol. The number of aromatic nitrogens is 1. The maximum absolute atomic E-state index is 13.7. The largest absolute Gasteiger partial charge is 0.312 e. The van der Waals surface area contributed by atoms with Crippen molar-refractivity contribution >= 4 is 11.6 Å². The number of hydrogen-bond donors (Lipinski definition) is 0. The number of aryl methyl sites for hydroxylation is 1. The molecule has 21 heavy (non-hydrogen) atoms. The number of benzene rings is 1. The fourth-order valence-electron chi connectivity index (χ4n) is 3.52. The van der Waals surface area contributed by atoms with Crippen LogP contribution >= 0.6 is 0 Å². The highest BCUT2D eigenvalue weighted by molar-refractivity contribution is 6.00. The summed E-state index contributed by atoms with van der Waals surface area (Å²) in [6.45, 7) is 0.180. The number of nitrogens with zero attached hydrogens (tertiary/aromatic N) is 2. The first-order valence-electron chi connectivity index (χ1n) is 7.24. The number of alkyl halides is 1. The Labute approximate surface area is 122 Å². The third-order valence-electron chi connectivity index (χ3n) is 4.47. The molecule has 1 aromatic carbocycles. The second-order valence-electron chi connectivity index (χ2n) is 5.56. The number of anilines is 1. The van der Waals surface area contributed by atoms with E-state index < -0.39 is 6.67 Å². The predicted molar refractivity (Wildman–Crippen MR) is 78.9 cm³/mol. The van der Waals surface area contributed by atoms with Gasteiger partial charge in [-0.2, -0.15) is 0 Å². The monoisotopic (exact) mass is 282 g/mol. The number of carbonyl (C=O) groups is 1. The molecule has 0 fully saturated rings. The molecule has 1 amide bonds. The van der Waals surface area contributed by atoms with Gasteiger partial charge in [-0.1, -0.05) is 6.07 Å². The van der Waals surface area contributed by atoms with Crippen LogP contribution in [0.15, 0.2) is 30.6 Å². The number of rotatable bonds is 2. The summed E-state index contributed by atoms with van der Waals surface area (Å²) >= 11 is 0. The number of halogens is 1. The van der Waals surface area contributed by atoms with E-state index in [1.165, 1.54) is 0 Å². The molecule has 0 saturated carbocycles. The van der Waals surface area contributed by atoms with Crippen molar-refractivity contribution in [1.82, 2.24) is 4.98 Å². The molecule has 0 atom stereocenters. The van der Waals surface area contributed by atoms with Gasteiger partial charge in [-0.25, -0.2) is 4.39 Å². The highest BCUT2D eigenvalue weighted by atomic mass is 19.1. The van der Waals surface area contributed by atoms with Crippen LogP contribution in [-0.4, -0.2) is 17.4 Å². The Kier molecular flexibility index (Phi) is 2.77. The number of carbonyl (C=O) groups excluding carboxylic acids is 1. The van der Waals surface area contributed by atoms with E-state index in [0.717, 1.165) is 46.3 Å². The topological polar surface area (TPSA) is 33.2 Å². The standard InChI is InChI=1S/C17H15FN2O/c18-9-15-13-5-7-20-16(21)4-3-11(17(13)20)8-14(15)12-2-1-6-19-10-12/h1-2,6,8,10H,3-5,7,9H2. The maximum Gasteiger partial charge on any atom is 0.227 e. The molecule has 1 aromatic heterocycles. The van der Waals surface area contributed by atoms with Crippen LogP contribution in [0.5, 0.6) is 0 Å². The van der Waals surface area contributed by atoms with Crippen LogP contribution in [0.4, 0.5) is 10.1 Å². The molecule has 0 spiro atoms. The Morgan fingerprint density at radius 2 is 2.19 bits per heavy atom. The molecule has 3 nitrogen and oxygen atoms in total. The Bertz CT molecular complexity index is 727. The summed E-state index contributed by atoms with van der Waals surface area (Å²) in [5.74, 6) is 0.167. The molecule has 0 unspecified atom stereocenters. The minimum absolute atomic E-state index is 0.167. The van der Waals surface area contributed by atoms with Gasteiger partial charge in [-0.15, -0.1) is 0 Å². The van der Waals surface area contributed by atoms with Crippen LogP contribution in [0.1, 0.15) is 23.1 Å². The van der Waals surface area contributed by atoms with Gasteiger partial charge in [0.15, 0.2) is 0 Å². The van der Waals surface area contributed by atoms with E-state index in [0.29, 0.717) is 13.0 Å². The minimum atomic E-state index is -0.505. The van der Waals surface area contributed by atoms with Crippen molar-refractivity contribution < 1.29 is 9.18 Å². The summed E-state index contributed by atoms with van der Waals surface area (Å²) in [7, 11) is 0. The van der Waals surface area contributed by atoms with Crippen molar-refractivity contribution in [2.24, 2.45) is 0 Å². The predicted octanol–water partition coefficient (Wildman–Crippen LogP) is 3.05. The molecule has 0 N–H and O–H groups in total. The minimum Gasteiger partial charge on any atom is -0.312 e. The molecule has 0 radical (unpaired) electrons. The second kappa shape index (κ2) is 4.65. The molecule has 4 rings (SSSR count). The van der Waals surface area contributed by atoms with Crippen LogP contribution < -0.4 is 4.90 Å². The van der Waals surface area contributed by atoms with Crippen molar-refractivity contribution in [2.45, 2.75) is 25.9 Å². The number of pyridine rings is 1. The smallest absolute Gasteiger partial charge is 0.227 e. The lowest BCUT2D eigenvalue weighted by Crippen LogP contribution is -2.32. The second-order valence-corrected chi connectivity index (χ2v) is 5.56. The average molecular weight is 282 g/mol. The Morgan fingerprint density at radius 1 is 1.29 bits per heavy atom. The summed E-state index contributed by atoms with van der Waals surface area (Å²) in [6, 6.07) is 5.88. The molecule has 2 aliphatic heterocycles. The molecule has 106 valence electrons. The summed E-state index contributed by atoms with van der Waals surface area (Å²) in [4.78, 5) is 18.0. The zero-order valence-electron chi connectivity index (χ0n) is 11.6. The summed E-state index contributed by atoms with van der Waals surface area (Å²) in [5.41, 5.74) is 5.75. The Morgan fingerprint density at radius 3 is 2.95 bits per heavy atom. The van der Waals surface area contributed by atoms with Gasteiger partial charge in [0.2, 0.25) is 5.91 Å². The molecule has 2 aliphatic rings. The van der Waals surface area contributed by atoms with E-state index in [2.05, 4.69) is 11.1 Å². The van der Waals surface area contributed by atoms with Gasteiger partial charge in [0.25, 0.3) is 0 Å². The van der Waals surface area contributed by atoms with E-state index >= 15 is 0 Å². The normalized spacial score (nSPS) is 16.2. The van der Waals surface area contributed by atoms with Crippen LogP contribution in [0.2, 0.25) is 0 Å². The number of amides is 1. The van der Waals surface area contributed by atoms with Crippen molar-refractivity contribution in [1.29, 1.82) is 0 Å². The van der Waals surface area contributed by atoms with Gasteiger partial charge < -0.3 is 4.90 Å². The fraction of sp³-hybridized carbons (Fsp3) is 0.294. The van der Waals surface area contributed by atoms with Gasteiger partial charge in [-0.05, 0) is 47.2 Å². The van der Waals surface area contributed by atoms with Crippen LogP contribution in [0, 0.1) is 0 Å². The molecular formula is C17H15FN2O. The van der Waals surface area contributed by atoms with Gasteiger partial charge in [-0.3, -0.25) is 9.78 Å². The zero-order chi connectivity index (χ0) is 14.4. The maximum atomic E-state index is 13.7. The van der Waals surface area contributed by atoms with Gasteiger partial charge in [0.1, 0.15) is 6.67 Å². The lowest BCUT2D eigenvalue weighted by molar-refractivity contribution is -0.118. The van der Waals surface area contributed by atoms with E-state index in [-0.39, 0.29) is 5.91 Å². The van der Waals surface area contributed by atoms with E-state index in [4.69, 9.17) is 0 Å². The van der Waals surface area contributed by atoms with Crippen LogP contribution in [0.3, 0.4) is 0 Å². The van der Waals surface area contributed by atoms with Crippen molar-refractivity contribution in [3.05, 3.63) is 47.3 Å². The highest BCUT2D eigenvalue weighted by Gasteiger charge is 2.33. The third-order valence-corrected chi connectivity index (χ3v) is 4.47. The van der Waals surface area contributed by atoms with Crippen molar-refractivity contribution in [3.63, 3.8) is 0 Å². The highest BCUT2D eigenvalue weighted by Crippen LogP contribution is 2.43. The van der Waals surface area contributed by atoms with Crippen LogP contribution in [-0.2, 0) is 24.3 Å². The quantitative estimate of drug-likeness (QED) is 0.848. The summed E-state index contributed by atoms with van der Waals surface area (Å²) < 4.78 is 13.7. The van der Waals surface area contributed by atoms with E-state index in [9.17, 15) is 9.18 Å². The first-order valence-corrected chi connectivity index (χ1v) is 7.24. The molecule has 0 saturated heterocycles. The first kappa shape index (κ1) is 12.5. The lowest BCUT2D eigenvalue weighted by Gasteiger charge is -2.27. The van der Waals surface area contributed by atoms with Gasteiger partial charge >= 0.3 is 0 Å². The molecule has 2 aromatic rings. The summed E-state index contributed by atoms with van der Waals surface area (Å²) in [5, 5.41) is 0. The molecule has 0 aliphatic carbocycles. The van der Waals surface area contributed by atoms with Crippen molar-refractivity contribution in [3.8, 4) is 11.1 Å². The fourth-order valence-corrected chi connectivity index (χ4v) is 3.52. The zero-order valence-corrected chi connectivity index (χ0v) is 11.6.